The van der Waals surface area contributed by atoms with Crippen LogP contribution in [0.25, 0.3) is 0 Å². The topological polar surface area (TPSA) is 50.4 Å². The first-order chi connectivity index (χ1) is 13.2. The molecule has 0 radical (unpaired) electrons. The van der Waals surface area contributed by atoms with Crippen molar-refractivity contribution >= 4 is 5.91 Å². The Morgan fingerprint density at radius 1 is 1.22 bits per heavy atom. The molecule has 2 aliphatic rings. The number of benzene rings is 2. The van der Waals surface area contributed by atoms with E-state index in [0.29, 0.717) is 18.7 Å². The van der Waals surface area contributed by atoms with E-state index in [1.807, 2.05) is 24.3 Å². The number of rotatable bonds is 6. The van der Waals surface area contributed by atoms with Gasteiger partial charge in [-0.1, -0.05) is 42.8 Å². The Hall–Kier alpha value is -2.17. The van der Waals surface area contributed by atoms with Crippen LogP contribution in [0.15, 0.2) is 48.5 Å². The molecule has 4 rings (SSSR count). The normalized spacial score (nSPS) is 24.0. The van der Waals surface area contributed by atoms with Crippen molar-refractivity contribution in [1.29, 1.82) is 0 Å². The Bertz CT molecular complexity index is 798. The fraction of sp³-hybridized carbons (Fsp3) is 0.435. The lowest BCUT2D eigenvalue weighted by molar-refractivity contribution is 0.0950. The Labute approximate surface area is 161 Å². The number of ether oxygens (including phenoxy) is 1. The van der Waals surface area contributed by atoms with E-state index in [-0.39, 0.29) is 11.4 Å². The minimum atomic E-state index is -0.0526. The van der Waals surface area contributed by atoms with Gasteiger partial charge >= 0.3 is 0 Å². The minimum absolute atomic E-state index is 0.0526. The highest BCUT2D eigenvalue weighted by molar-refractivity contribution is 5.94. The Morgan fingerprint density at radius 2 is 2.07 bits per heavy atom. The number of carbonyl (C=O) groups is 1. The van der Waals surface area contributed by atoms with E-state index >= 15 is 0 Å². The van der Waals surface area contributed by atoms with E-state index in [1.54, 1.807) is 7.11 Å². The SMILES string of the molecule is COCc1cccc(C(=O)NCc2ccc(C34CCCC(CN3)C4)cc2)c1. The van der Waals surface area contributed by atoms with Crippen molar-refractivity contribution in [2.24, 2.45) is 5.92 Å². The van der Waals surface area contributed by atoms with Gasteiger partial charge in [0.25, 0.3) is 5.91 Å². The highest BCUT2D eigenvalue weighted by atomic mass is 16.5. The second-order valence-corrected chi connectivity index (χ2v) is 7.94. The molecule has 142 valence electrons. The maximum atomic E-state index is 12.4. The second kappa shape index (κ2) is 7.83. The first-order valence-corrected chi connectivity index (χ1v) is 9.89. The largest absolute Gasteiger partial charge is 0.380 e. The van der Waals surface area contributed by atoms with Crippen LogP contribution in [-0.2, 0) is 23.4 Å². The average molecular weight is 364 g/mol. The number of nitrogens with one attached hydrogen (secondary N) is 2. The summed E-state index contributed by atoms with van der Waals surface area (Å²) < 4.78 is 5.14. The third-order valence-electron chi connectivity index (χ3n) is 6.04. The number of hydrogen-bond acceptors (Lipinski definition) is 3. The molecule has 2 fully saturated rings. The summed E-state index contributed by atoms with van der Waals surface area (Å²) in [5, 5.41) is 6.80. The van der Waals surface area contributed by atoms with Gasteiger partial charge in [0.2, 0.25) is 0 Å². The standard InChI is InChI=1S/C23H28N2O2/c1-27-16-18-4-2-6-20(12-18)22(26)24-14-17-7-9-21(10-8-17)23-11-3-5-19(13-23)15-25-23/h2,4,6-10,12,19,25H,3,5,11,13-16H2,1H3,(H,24,26). The van der Waals surface area contributed by atoms with Crippen LogP contribution >= 0.6 is 0 Å². The van der Waals surface area contributed by atoms with Crippen LogP contribution in [0, 0.1) is 5.92 Å². The second-order valence-electron chi connectivity index (χ2n) is 7.94. The molecule has 27 heavy (non-hydrogen) atoms. The highest BCUT2D eigenvalue weighted by Crippen LogP contribution is 2.44. The zero-order chi connectivity index (χ0) is 18.7. The Kier molecular flexibility index (Phi) is 5.28. The smallest absolute Gasteiger partial charge is 0.251 e. The molecule has 2 aromatic carbocycles. The molecular weight excluding hydrogens is 336 g/mol. The van der Waals surface area contributed by atoms with Crippen molar-refractivity contribution in [2.75, 3.05) is 13.7 Å². The van der Waals surface area contributed by atoms with Gasteiger partial charge in [-0.25, -0.2) is 0 Å². The van der Waals surface area contributed by atoms with Gasteiger partial charge in [0, 0.05) is 24.8 Å². The lowest BCUT2D eigenvalue weighted by Gasteiger charge is -2.33. The third kappa shape index (κ3) is 3.92. The van der Waals surface area contributed by atoms with Crippen molar-refractivity contribution in [3.63, 3.8) is 0 Å². The number of amides is 1. The van der Waals surface area contributed by atoms with Crippen molar-refractivity contribution in [3.8, 4) is 0 Å². The molecule has 0 aromatic heterocycles. The summed E-state index contributed by atoms with van der Waals surface area (Å²) in [6.07, 6.45) is 5.18. The zero-order valence-corrected chi connectivity index (χ0v) is 16.0. The van der Waals surface area contributed by atoms with Crippen molar-refractivity contribution < 1.29 is 9.53 Å². The molecular formula is C23H28N2O2. The fourth-order valence-electron chi connectivity index (χ4n) is 4.62. The maximum absolute atomic E-state index is 12.4. The quantitative estimate of drug-likeness (QED) is 0.821. The van der Waals surface area contributed by atoms with Gasteiger partial charge in [0.15, 0.2) is 0 Å². The van der Waals surface area contributed by atoms with Crippen LogP contribution < -0.4 is 10.6 Å². The molecule has 0 spiro atoms. The van der Waals surface area contributed by atoms with E-state index in [1.165, 1.54) is 31.2 Å². The van der Waals surface area contributed by atoms with Crippen LogP contribution in [-0.4, -0.2) is 19.6 Å². The summed E-state index contributed by atoms with van der Waals surface area (Å²) in [5.74, 6) is 0.787. The molecule has 1 saturated carbocycles. The molecule has 4 heteroatoms. The monoisotopic (exact) mass is 364 g/mol. The predicted molar refractivity (Wildman–Crippen MR) is 106 cm³/mol. The molecule has 4 nitrogen and oxygen atoms in total. The molecule has 2 N–H and O–H groups in total. The number of hydrogen-bond donors (Lipinski definition) is 2. The van der Waals surface area contributed by atoms with Gasteiger partial charge in [-0.05, 0) is 60.5 Å². The van der Waals surface area contributed by atoms with Gasteiger partial charge in [-0.3, -0.25) is 4.79 Å². The van der Waals surface area contributed by atoms with Crippen LogP contribution in [0.4, 0.5) is 0 Å². The van der Waals surface area contributed by atoms with Crippen molar-refractivity contribution in [2.45, 2.75) is 44.4 Å². The molecule has 2 atom stereocenters. The number of fused-ring (bicyclic) bond motifs is 2. The summed E-state index contributed by atoms with van der Waals surface area (Å²) in [7, 11) is 1.66. The lowest BCUT2D eigenvalue weighted by atomic mass is 9.76. The lowest BCUT2D eigenvalue weighted by Crippen LogP contribution is -2.37. The maximum Gasteiger partial charge on any atom is 0.251 e. The van der Waals surface area contributed by atoms with E-state index in [2.05, 4.69) is 34.9 Å². The third-order valence-corrected chi connectivity index (χ3v) is 6.04. The van der Waals surface area contributed by atoms with Crippen LogP contribution in [0.3, 0.4) is 0 Å². The summed E-state index contributed by atoms with van der Waals surface area (Å²) in [5.41, 5.74) is 4.38. The van der Waals surface area contributed by atoms with Gasteiger partial charge in [0.1, 0.15) is 0 Å². The first kappa shape index (κ1) is 18.2. The summed E-state index contributed by atoms with van der Waals surface area (Å²) >= 11 is 0. The van der Waals surface area contributed by atoms with Crippen LogP contribution in [0.5, 0.6) is 0 Å². The Morgan fingerprint density at radius 3 is 2.89 bits per heavy atom. The summed E-state index contributed by atoms with van der Waals surface area (Å²) in [6.45, 7) is 2.20. The van der Waals surface area contributed by atoms with Crippen LogP contribution in [0.1, 0.15) is 52.7 Å². The predicted octanol–water partition coefficient (Wildman–Crippen LogP) is 3.75. The molecule has 1 heterocycles. The molecule has 2 unspecified atom stereocenters. The summed E-state index contributed by atoms with van der Waals surface area (Å²) in [6, 6.07) is 16.3. The van der Waals surface area contributed by atoms with E-state index in [0.717, 1.165) is 23.6 Å². The van der Waals surface area contributed by atoms with E-state index in [4.69, 9.17) is 4.74 Å². The van der Waals surface area contributed by atoms with E-state index < -0.39 is 0 Å². The van der Waals surface area contributed by atoms with Crippen molar-refractivity contribution in [1.82, 2.24) is 10.6 Å². The van der Waals surface area contributed by atoms with Gasteiger partial charge < -0.3 is 15.4 Å². The number of methoxy groups -OCH3 is 1. The molecule has 2 aromatic rings. The first-order valence-electron chi connectivity index (χ1n) is 9.89. The molecule has 1 saturated heterocycles. The van der Waals surface area contributed by atoms with E-state index in [9.17, 15) is 4.79 Å². The molecule has 1 aliphatic carbocycles. The zero-order valence-electron chi connectivity index (χ0n) is 16.0. The summed E-state index contributed by atoms with van der Waals surface area (Å²) in [4.78, 5) is 12.4. The number of carbonyl (C=O) groups excluding carboxylic acids is 1. The van der Waals surface area contributed by atoms with Gasteiger partial charge in [-0.15, -0.1) is 0 Å². The average Bonchev–Trinajstić information content (AvgIpc) is 3.01. The fourth-order valence-corrected chi connectivity index (χ4v) is 4.62. The van der Waals surface area contributed by atoms with Gasteiger partial charge in [-0.2, -0.15) is 0 Å². The van der Waals surface area contributed by atoms with Crippen molar-refractivity contribution in [3.05, 3.63) is 70.8 Å². The minimum Gasteiger partial charge on any atom is -0.380 e. The molecule has 1 aliphatic heterocycles. The highest BCUT2D eigenvalue weighted by Gasteiger charge is 2.42. The molecule has 2 bridgehead atoms. The molecule has 1 amide bonds. The van der Waals surface area contributed by atoms with Gasteiger partial charge in [0.05, 0.1) is 6.61 Å². The Balaban J connectivity index is 1.38. The van der Waals surface area contributed by atoms with Crippen LogP contribution in [0.2, 0.25) is 0 Å².